The lowest BCUT2D eigenvalue weighted by Crippen LogP contribution is -2.33. The molecule has 3 fully saturated rings. The highest BCUT2D eigenvalue weighted by Gasteiger charge is 2.40. The number of hydrogen-bond donors (Lipinski definition) is 0. The highest BCUT2D eigenvalue weighted by molar-refractivity contribution is 5.35. The lowest BCUT2D eigenvalue weighted by molar-refractivity contribution is 0.0965. The van der Waals surface area contributed by atoms with Crippen molar-refractivity contribution in [1.29, 1.82) is 0 Å². The first-order chi connectivity index (χ1) is 11.8. The molecule has 4 rings (SSSR count). The molecule has 2 saturated carbocycles. The van der Waals surface area contributed by atoms with Crippen LogP contribution in [0.3, 0.4) is 0 Å². The van der Waals surface area contributed by atoms with Crippen molar-refractivity contribution in [2.75, 3.05) is 19.6 Å². The molecule has 1 unspecified atom stereocenters. The Balaban J connectivity index is 1.54. The van der Waals surface area contributed by atoms with Gasteiger partial charge >= 0.3 is 0 Å². The summed E-state index contributed by atoms with van der Waals surface area (Å²) >= 11 is 0. The Kier molecular flexibility index (Phi) is 4.51. The Morgan fingerprint density at radius 1 is 0.880 bits per heavy atom. The molecule has 0 N–H and O–H groups in total. The molecule has 25 heavy (non-hydrogen) atoms. The van der Waals surface area contributed by atoms with Crippen LogP contribution in [0.5, 0.6) is 0 Å². The number of likely N-dealkylation sites (tertiary alicyclic amines) is 1. The van der Waals surface area contributed by atoms with E-state index in [2.05, 4.69) is 56.9 Å². The maximum absolute atomic E-state index is 2.74. The maximum Gasteiger partial charge on any atom is 0.00510 e. The second kappa shape index (κ2) is 6.41. The first-order valence-electron chi connectivity index (χ1n) is 10.6. The molecule has 1 aliphatic heterocycles. The summed E-state index contributed by atoms with van der Waals surface area (Å²) in [6.07, 6.45) is 8.38. The van der Waals surface area contributed by atoms with Gasteiger partial charge in [-0.3, -0.25) is 0 Å². The summed E-state index contributed by atoms with van der Waals surface area (Å²) in [6.45, 7) is 13.9. The van der Waals surface area contributed by atoms with Gasteiger partial charge in [-0.1, -0.05) is 52.0 Å². The Morgan fingerprint density at radius 2 is 1.48 bits per heavy atom. The molecule has 0 amide bonds. The lowest BCUT2D eigenvalue weighted by atomic mass is 9.59. The molecule has 0 radical (unpaired) electrons. The Labute approximate surface area is 155 Å². The zero-order chi connectivity index (χ0) is 17.7. The SMILES string of the molecule is CC1(C)CC(c2ccccc2C2CCN(CC3CC3)C2)CC(C)(C)C1. The molecular formula is C24H37N. The van der Waals surface area contributed by atoms with Crippen LogP contribution in [0.4, 0.5) is 0 Å². The van der Waals surface area contributed by atoms with E-state index in [0.717, 1.165) is 17.8 Å². The van der Waals surface area contributed by atoms with Gasteiger partial charge in [-0.05, 0) is 84.8 Å². The van der Waals surface area contributed by atoms with Crippen LogP contribution in [0.15, 0.2) is 24.3 Å². The Bertz CT molecular complexity index is 594. The minimum atomic E-state index is 0.465. The van der Waals surface area contributed by atoms with Crippen molar-refractivity contribution in [2.24, 2.45) is 16.7 Å². The summed E-state index contributed by atoms with van der Waals surface area (Å²) in [5.41, 5.74) is 4.29. The molecule has 1 heterocycles. The summed E-state index contributed by atoms with van der Waals surface area (Å²) in [6, 6.07) is 9.47. The van der Waals surface area contributed by atoms with Crippen LogP contribution in [-0.4, -0.2) is 24.5 Å². The number of nitrogens with zero attached hydrogens (tertiary/aromatic N) is 1. The molecule has 1 saturated heterocycles. The van der Waals surface area contributed by atoms with Gasteiger partial charge < -0.3 is 4.90 Å². The summed E-state index contributed by atoms with van der Waals surface area (Å²) in [4.78, 5) is 2.74. The maximum atomic E-state index is 2.74. The van der Waals surface area contributed by atoms with E-state index in [1.165, 1.54) is 58.2 Å². The highest BCUT2D eigenvalue weighted by Crippen LogP contribution is 2.53. The molecule has 1 aromatic rings. The van der Waals surface area contributed by atoms with Crippen molar-refractivity contribution in [2.45, 2.75) is 78.1 Å². The third-order valence-corrected chi connectivity index (χ3v) is 6.92. The van der Waals surface area contributed by atoms with Crippen LogP contribution >= 0.6 is 0 Å². The molecule has 2 aliphatic carbocycles. The number of benzene rings is 1. The molecule has 1 atom stereocenters. The monoisotopic (exact) mass is 339 g/mol. The van der Waals surface area contributed by atoms with Crippen molar-refractivity contribution >= 4 is 0 Å². The van der Waals surface area contributed by atoms with Crippen molar-refractivity contribution < 1.29 is 0 Å². The van der Waals surface area contributed by atoms with E-state index in [0.29, 0.717) is 10.8 Å². The smallest absolute Gasteiger partial charge is 0.00510 e. The summed E-state index contributed by atoms with van der Waals surface area (Å²) in [5.74, 6) is 2.53. The van der Waals surface area contributed by atoms with Gasteiger partial charge in [0.25, 0.3) is 0 Å². The Morgan fingerprint density at radius 3 is 2.08 bits per heavy atom. The van der Waals surface area contributed by atoms with E-state index in [9.17, 15) is 0 Å². The predicted molar refractivity (Wildman–Crippen MR) is 107 cm³/mol. The van der Waals surface area contributed by atoms with Crippen LogP contribution in [-0.2, 0) is 0 Å². The van der Waals surface area contributed by atoms with Crippen LogP contribution in [0.2, 0.25) is 0 Å². The fourth-order valence-electron chi connectivity index (χ4n) is 6.24. The van der Waals surface area contributed by atoms with Gasteiger partial charge in [0, 0.05) is 13.1 Å². The zero-order valence-electron chi connectivity index (χ0n) is 16.9. The fourth-order valence-corrected chi connectivity index (χ4v) is 6.24. The second-order valence-corrected chi connectivity index (χ2v) is 10.9. The molecular weight excluding hydrogens is 302 g/mol. The van der Waals surface area contributed by atoms with Crippen molar-refractivity contribution in [3.8, 4) is 0 Å². The number of hydrogen-bond acceptors (Lipinski definition) is 1. The van der Waals surface area contributed by atoms with E-state index in [-0.39, 0.29) is 0 Å². The average Bonchev–Trinajstić information content (AvgIpc) is 3.19. The van der Waals surface area contributed by atoms with Gasteiger partial charge in [0.2, 0.25) is 0 Å². The number of rotatable bonds is 4. The fraction of sp³-hybridized carbons (Fsp3) is 0.750. The molecule has 0 aromatic heterocycles. The van der Waals surface area contributed by atoms with Crippen LogP contribution in [0, 0.1) is 16.7 Å². The molecule has 3 aliphatic rings. The first kappa shape index (κ1) is 17.6. The van der Waals surface area contributed by atoms with Gasteiger partial charge in [-0.25, -0.2) is 0 Å². The minimum absolute atomic E-state index is 0.465. The average molecular weight is 340 g/mol. The van der Waals surface area contributed by atoms with E-state index in [1.807, 2.05) is 0 Å². The third-order valence-electron chi connectivity index (χ3n) is 6.92. The van der Waals surface area contributed by atoms with E-state index >= 15 is 0 Å². The van der Waals surface area contributed by atoms with Crippen LogP contribution < -0.4 is 0 Å². The van der Waals surface area contributed by atoms with Gasteiger partial charge in [0.1, 0.15) is 0 Å². The standard InChI is InChI=1S/C24H37N/c1-23(2)13-20(14-24(3,4)17-23)22-8-6-5-7-21(22)19-11-12-25(16-19)15-18-9-10-18/h5-8,18-20H,9-17H2,1-4H3. The zero-order valence-corrected chi connectivity index (χ0v) is 16.9. The van der Waals surface area contributed by atoms with Gasteiger partial charge in [-0.2, -0.15) is 0 Å². The molecule has 1 nitrogen and oxygen atoms in total. The van der Waals surface area contributed by atoms with Crippen LogP contribution in [0.1, 0.15) is 89.2 Å². The van der Waals surface area contributed by atoms with E-state index in [1.54, 1.807) is 11.1 Å². The topological polar surface area (TPSA) is 3.24 Å². The molecule has 138 valence electrons. The minimum Gasteiger partial charge on any atom is -0.302 e. The van der Waals surface area contributed by atoms with Crippen LogP contribution in [0.25, 0.3) is 0 Å². The molecule has 1 aromatic carbocycles. The molecule has 0 spiro atoms. The first-order valence-corrected chi connectivity index (χ1v) is 10.6. The summed E-state index contributed by atoms with van der Waals surface area (Å²) in [7, 11) is 0. The van der Waals surface area contributed by atoms with Gasteiger partial charge in [-0.15, -0.1) is 0 Å². The van der Waals surface area contributed by atoms with E-state index < -0.39 is 0 Å². The van der Waals surface area contributed by atoms with Gasteiger partial charge in [0.15, 0.2) is 0 Å². The molecule has 1 heteroatoms. The largest absolute Gasteiger partial charge is 0.302 e. The van der Waals surface area contributed by atoms with Gasteiger partial charge in [0.05, 0.1) is 0 Å². The highest BCUT2D eigenvalue weighted by atomic mass is 15.1. The summed E-state index contributed by atoms with van der Waals surface area (Å²) < 4.78 is 0. The van der Waals surface area contributed by atoms with Crippen molar-refractivity contribution in [3.05, 3.63) is 35.4 Å². The second-order valence-electron chi connectivity index (χ2n) is 10.9. The summed E-state index contributed by atoms with van der Waals surface area (Å²) in [5, 5.41) is 0. The predicted octanol–water partition coefficient (Wildman–Crippen LogP) is 6.21. The van der Waals surface area contributed by atoms with Crippen molar-refractivity contribution in [1.82, 2.24) is 4.90 Å². The van der Waals surface area contributed by atoms with E-state index in [4.69, 9.17) is 0 Å². The third kappa shape index (κ3) is 4.13. The quantitative estimate of drug-likeness (QED) is 0.630. The lowest BCUT2D eigenvalue weighted by Gasteiger charge is -2.45. The Hall–Kier alpha value is -0.820. The molecule has 0 bridgehead atoms. The van der Waals surface area contributed by atoms with Crippen molar-refractivity contribution in [3.63, 3.8) is 0 Å². The normalized spacial score (nSPS) is 29.8.